The lowest BCUT2D eigenvalue weighted by Gasteiger charge is -1.96. The fourth-order valence-electron chi connectivity index (χ4n) is 1.18. The molecule has 0 aliphatic carbocycles. The summed E-state index contributed by atoms with van der Waals surface area (Å²) < 4.78 is 22.8. The molecule has 0 radical (unpaired) electrons. The first-order chi connectivity index (χ1) is 8.28. The summed E-state index contributed by atoms with van der Waals surface area (Å²) in [6.45, 7) is 0.622. The van der Waals surface area contributed by atoms with Crippen molar-refractivity contribution in [3.63, 3.8) is 0 Å². The lowest BCUT2D eigenvalue weighted by atomic mass is 10.4. The number of halogens is 1. The molecule has 0 amide bonds. The van der Waals surface area contributed by atoms with E-state index in [0.717, 1.165) is 21.5 Å². The molecule has 1 heterocycles. The zero-order chi connectivity index (χ0) is 12.1. The lowest BCUT2D eigenvalue weighted by Crippen LogP contribution is -1.95. The van der Waals surface area contributed by atoms with Gasteiger partial charge in [-0.15, -0.1) is 0 Å². The summed E-state index contributed by atoms with van der Waals surface area (Å²) in [5.41, 5.74) is 0. The molecule has 6 heteroatoms. The highest BCUT2D eigenvalue weighted by Crippen LogP contribution is 2.28. The minimum absolute atomic E-state index is 0.229. The Balaban J connectivity index is 1.98. The predicted octanol–water partition coefficient (Wildman–Crippen LogP) is 3.02. The van der Waals surface area contributed by atoms with Crippen LogP contribution >= 0.6 is 23.3 Å². The van der Waals surface area contributed by atoms with Gasteiger partial charge in [-0.25, -0.2) is 9.37 Å². The van der Waals surface area contributed by atoms with Gasteiger partial charge in [0, 0.05) is 18.4 Å². The van der Waals surface area contributed by atoms with Gasteiger partial charge in [-0.05, 0) is 35.8 Å². The molecule has 0 unspecified atom stereocenters. The zero-order valence-corrected chi connectivity index (χ0v) is 10.9. The highest BCUT2D eigenvalue weighted by atomic mass is 32.2. The Labute approximate surface area is 107 Å². The normalized spacial score (nSPS) is 10.7. The zero-order valence-electron chi connectivity index (χ0n) is 9.22. The number of aromatic nitrogens is 2. The van der Waals surface area contributed by atoms with Crippen LogP contribution in [0.25, 0.3) is 0 Å². The SMILES string of the molecule is COCCc1nsc(Sc2ccc(F)cc2)n1. The van der Waals surface area contributed by atoms with Gasteiger partial charge in [0.05, 0.1) is 6.61 Å². The summed E-state index contributed by atoms with van der Waals surface area (Å²) in [5, 5.41) is 0. The van der Waals surface area contributed by atoms with E-state index < -0.39 is 0 Å². The molecule has 17 heavy (non-hydrogen) atoms. The van der Waals surface area contributed by atoms with Crippen molar-refractivity contribution >= 4 is 23.3 Å². The Kier molecular flexibility index (Phi) is 4.47. The highest BCUT2D eigenvalue weighted by Gasteiger charge is 2.05. The predicted molar refractivity (Wildman–Crippen MR) is 66.0 cm³/mol. The van der Waals surface area contributed by atoms with Crippen molar-refractivity contribution < 1.29 is 9.13 Å². The van der Waals surface area contributed by atoms with Crippen LogP contribution in [0.1, 0.15) is 5.82 Å². The summed E-state index contributed by atoms with van der Waals surface area (Å²) in [6, 6.07) is 6.34. The van der Waals surface area contributed by atoms with E-state index in [0.29, 0.717) is 6.61 Å². The van der Waals surface area contributed by atoms with E-state index in [2.05, 4.69) is 9.36 Å². The summed E-state index contributed by atoms with van der Waals surface area (Å²) in [6.07, 6.45) is 0.719. The molecular formula is C11H11FN2OS2. The molecular weight excluding hydrogens is 259 g/mol. The largest absolute Gasteiger partial charge is 0.384 e. The molecule has 0 N–H and O–H groups in total. The maximum absolute atomic E-state index is 12.7. The third kappa shape index (κ3) is 3.76. The van der Waals surface area contributed by atoms with Crippen LogP contribution in [0.3, 0.4) is 0 Å². The summed E-state index contributed by atoms with van der Waals surface area (Å²) in [7, 11) is 1.65. The van der Waals surface area contributed by atoms with Crippen molar-refractivity contribution in [3.05, 3.63) is 35.9 Å². The minimum atomic E-state index is -0.229. The first kappa shape index (κ1) is 12.5. The van der Waals surface area contributed by atoms with Gasteiger partial charge in [0.2, 0.25) is 0 Å². The number of nitrogens with zero attached hydrogens (tertiary/aromatic N) is 2. The van der Waals surface area contributed by atoms with Gasteiger partial charge in [-0.1, -0.05) is 11.8 Å². The van der Waals surface area contributed by atoms with E-state index in [1.807, 2.05) is 0 Å². The molecule has 0 bridgehead atoms. The Morgan fingerprint density at radius 1 is 1.35 bits per heavy atom. The van der Waals surface area contributed by atoms with E-state index in [-0.39, 0.29) is 5.82 Å². The van der Waals surface area contributed by atoms with Gasteiger partial charge >= 0.3 is 0 Å². The van der Waals surface area contributed by atoms with Crippen molar-refractivity contribution in [2.45, 2.75) is 15.7 Å². The summed E-state index contributed by atoms with van der Waals surface area (Å²) >= 11 is 2.84. The maximum Gasteiger partial charge on any atom is 0.174 e. The van der Waals surface area contributed by atoms with Crippen LogP contribution in [0.2, 0.25) is 0 Å². The van der Waals surface area contributed by atoms with Crippen molar-refractivity contribution in [2.24, 2.45) is 0 Å². The van der Waals surface area contributed by atoms with Crippen LogP contribution in [-0.2, 0) is 11.2 Å². The van der Waals surface area contributed by atoms with Crippen molar-refractivity contribution in [2.75, 3.05) is 13.7 Å². The number of rotatable bonds is 5. The topological polar surface area (TPSA) is 35.0 Å². The minimum Gasteiger partial charge on any atom is -0.384 e. The molecule has 2 aromatic rings. The van der Waals surface area contributed by atoms with E-state index in [1.165, 1.54) is 35.4 Å². The van der Waals surface area contributed by atoms with Crippen LogP contribution in [0.15, 0.2) is 33.5 Å². The van der Waals surface area contributed by atoms with Crippen LogP contribution in [0.4, 0.5) is 4.39 Å². The smallest absolute Gasteiger partial charge is 0.174 e. The molecule has 0 saturated carbocycles. The monoisotopic (exact) mass is 270 g/mol. The fourth-order valence-corrected chi connectivity index (χ4v) is 2.81. The number of hydrogen-bond donors (Lipinski definition) is 0. The third-order valence-electron chi connectivity index (χ3n) is 2.00. The first-order valence-electron chi connectivity index (χ1n) is 5.03. The molecule has 0 spiro atoms. The molecule has 0 aliphatic rings. The van der Waals surface area contributed by atoms with E-state index in [1.54, 1.807) is 19.2 Å². The van der Waals surface area contributed by atoms with Gasteiger partial charge < -0.3 is 4.74 Å². The molecule has 1 aromatic carbocycles. The van der Waals surface area contributed by atoms with E-state index in [4.69, 9.17) is 4.74 Å². The second kappa shape index (κ2) is 6.09. The molecule has 0 saturated heterocycles. The number of hydrogen-bond acceptors (Lipinski definition) is 5. The Hall–Kier alpha value is -0.980. The van der Waals surface area contributed by atoms with E-state index >= 15 is 0 Å². The van der Waals surface area contributed by atoms with Crippen molar-refractivity contribution in [3.8, 4) is 0 Å². The number of ether oxygens (including phenoxy) is 1. The van der Waals surface area contributed by atoms with Gasteiger partial charge in [-0.2, -0.15) is 4.37 Å². The molecule has 3 nitrogen and oxygen atoms in total. The Morgan fingerprint density at radius 2 is 2.12 bits per heavy atom. The maximum atomic E-state index is 12.7. The fraction of sp³-hybridized carbons (Fsp3) is 0.273. The second-order valence-corrected chi connectivity index (χ2v) is 5.35. The van der Waals surface area contributed by atoms with Crippen LogP contribution < -0.4 is 0 Å². The molecule has 0 atom stereocenters. The van der Waals surface area contributed by atoms with Gasteiger partial charge in [0.25, 0.3) is 0 Å². The molecule has 90 valence electrons. The molecule has 1 aromatic heterocycles. The first-order valence-corrected chi connectivity index (χ1v) is 6.62. The average Bonchev–Trinajstić information content (AvgIpc) is 2.77. The van der Waals surface area contributed by atoms with Crippen molar-refractivity contribution in [1.29, 1.82) is 0 Å². The summed E-state index contributed by atoms with van der Waals surface area (Å²) in [4.78, 5) is 5.32. The lowest BCUT2D eigenvalue weighted by molar-refractivity contribution is 0.200. The second-order valence-electron chi connectivity index (χ2n) is 3.28. The standard InChI is InChI=1S/C11H11FN2OS2/c1-15-7-6-10-13-11(17-14-10)16-9-4-2-8(12)3-5-9/h2-5H,6-7H2,1H3. The molecule has 2 rings (SSSR count). The quantitative estimate of drug-likeness (QED) is 0.836. The third-order valence-corrected chi connectivity index (χ3v) is 3.79. The molecule has 0 aliphatic heterocycles. The van der Waals surface area contributed by atoms with Gasteiger partial charge in [0.15, 0.2) is 4.34 Å². The number of benzene rings is 1. The van der Waals surface area contributed by atoms with Crippen LogP contribution in [0.5, 0.6) is 0 Å². The van der Waals surface area contributed by atoms with Gasteiger partial charge in [0.1, 0.15) is 11.6 Å². The highest BCUT2D eigenvalue weighted by molar-refractivity contribution is 8.01. The number of methoxy groups -OCH3 is 1. The van der Waals surface area contributed by atoms with Crippen LogP contribution in [-0.4, -0.2) is 23.1 Å². The van der Waals surface area contributed by atoms with Gasteiger partial charge in [-0.3, -0.25) is 0 Å². The summed E-state index contributed by atoms with van der Waals surface area (Å²) in [5.74, 6) is 0.564. The van der Waals surface area contributed by atoms with Crippen molar-refractivity contribution in [1.82, 2.24) is 9.36 Å². The van der Waals surface area contributed by atoms with Crippen LogP contribution in [0, 0.1) is 5.82 Å². The van der Waals surface area contributed by atoms with E-state index in [9.17, 15) is 4.39 Å². The molecule has 0 fully saturated rings. The Bertz CT molecular complexity index is 473. The average molecular weight is 270 g/mol. The Morgan fingerprint density at radius 3 is 2.82 bits per heavy atom.